The zero-order valence-electron chi connectivity index (χ0n) is 22.5. The Kier molecular flexibility index (Phi) is 7.76. The molecule has 9 heteroatoms. The lowest BCUT2D eigenvalue weighted by Crippen LogP contribution is -2.31. The lowest BCUT2D eigenvalue weighted by molar-refractivity contribution is -0.133. The lowest BCUT2D eigenvalue weighted by atomic mass is 10.0. The first-order chi connectivity index (χ1) is 18.9. The first-order valence-corrected chi connectivity index (χ1v) is 13.3. The average Bonchev–Trinajstić information content (AvgIpc) is 3.72. The van der Waals surface area contributed by atoms with Crippen LogP contribution in [0.15, 0.2) is 60.9 Å². The van der Waals surface area contributed by atoms with Crippen LogP contribution in [0.4, 0.5) is 4.79 Å². The molecule has 0 aliphatic carbocycles. The second kappa shape index (κ2) is 11.6. The molecule has 0 radical (unpaired) electrons. The molecule has 5 rings (SSSR count). The molecule has 4 aromatic rings. The highest BCUT2D eigenvalue weighted by Crippen LogP contribution is 2.33. The molecule has 0 saturated carbocycles. The van der Waals surface area contributed by atoms with Crippen LogP contribution in [-0.2, 0) is 16.1 Å². The van der Waals surface area contributed by atoms with Crippen LogP contribution in [0.5, 0.6) is 0 Å². The number of carbonyl (C=O) groups is 2. The van der Waals surface area contributed by atoms with Gasteiger partial charge in [-0.1, -0.05) is 62.4 Å². The van der Waals surface area contributed by atoms with Crippen LogP contribution < -0.4 is 5.32 Å². The van der Waals surface area contributed by atoms with Gasteiger partial charge in [0.2, 0.25) is 5.91 Å². The molecule has 0 bridgehead atoms. The minimum absolute atomic E-state index is 0.0258. The molecule has 1 aliphatic rings. The number of H-pyrrole nitrogens is 2. The average molecular weight is 527 g/mol. The van der Waals surface area contributed by atoms with Gasteiger partial charge in [-0.15, -0.1) is 0 Å². The molecule has 1 saturated heterocycles. The van der Waals surface area contributed by atoms with Crippen molar-refractivity contribution in [2.75, 3.05) is 13.7 Å². The molecule has 0 spiro atoms. The second-order valence-electron chi connectivity index (χ2n) is 10.3. The van der Waals surface area contributed by atoms with Crippen LogP contribution in [0.1, 0.15) is 50.8 Å². The number of nitrogens with one attached hydrogen (secondary N) is 3. The molecule has 3 heterocycles. The number of ether oxygens (including phenoxy) is 1. The van der Waals surface area contributed by atoms with Crippen molar-refractivity contribution in [2.24, 2.45) is 5.92 Å². The van der Waals surface area contributed by atoms with Gasteiger partial charge in [0.25, 0.3) is 0 Å². The molecule has 1 aliphatic heterocycles. The third-order valence-corrected chi connectivity index (χ3v) is 7.01. The minimum Gasteiger partial charge on any atom is -0.453 e. The van der Waals surface area contributed by atoms with E-state index in [-0.39, 0.29) is 18.5 Å². The molecule has 1 unspecified atom stereocenters. The van der Waals surface area contributed by atoms with E-state index in [1.165, 1.54) is 7.11 Å². The molecular formula is C30H34N6O3. The van der Waals surface area contributed by atoms with Crippen molar-refractivity contribution in [2.45, 2.75) is 45.7 Å². The van der Waals surface area contributed by atoms with Gasteiger partial charge in [0.1, 0.15) is 11.6 Å². The van der Waals surface area contributed by atoms with Gasteiger partial charge in [0.05, 0.1) is 43.5 Å². The molecule has 39 heavy (non-hydrogen) atoms. The number of alkyl carbamates (subject to hydrolysis) is 1. The zero-order valence-corrected chi connectivity index (χ0v) is 22.5. The van der Waals surface area contributed by atoms with E-state index in [4.69, 9.17) is 0 Å². The maximum atomic E-state index is 12.7. The van der Waals surface area contributed by atoms with E-state index in [9.17, 15) is 9.59 Å². The van der Waals surface area contributed by atoms with Gasteiger partial charge in [0, 0.05) is 13.0 Å². The van der Waals surface area contributed by atoms with Crippen LogP contribution in [0.3, 0.4) is 0 Å². The molecule has 9 nitrogen and oxygen atoms in total. The Hall–Kier alpha value is -4.40. The summed E-state index contributed by atoms with van der Waals surface area (Å²) in [5.41, 5.74) is 6.10. The summed E-state index contributed by atoms with van der Waals surface area (Å²) in [6.45, 7) is 5.23. The number of methoxy groups -OCH3 is 1. The summed E-state index contributed by atoms with van der Waals surface area (Å²) in [5.74, 6) is 2.08. The normalized spacial score (nSPS) is 15.1. The minimum atomic E-state index is -0.495. The van der Waals surface area contributed by atoms with E-state index in [0.717, 1.165) is 58.9 Å². The van der Waals surface area contributed by atoms with Crippen LogP contribution in [0.25, 0.3) is 33.6 Å². The number of hydrogen-bond acceptors (Lipinski definition) is 5. The quantitative estimate of drug-likeness (QED) is 0.272. The van der Waals surface area contributed by atoms with Crippen LogP contribution >= 0.6 is 0 Å². The van der Waals surface area contributed by atoms with Gasteiger partial charge in [0.15, 0.2) is 0 Å². The second-order valence-corrected chi connectivity index (χ2v) is 10.3. The predicted octanol–water partition coefficient (Wildman–Crippen LogP) is 5.70. The topological polar surface area (TPSA) is 116 Å². The van der Waals surface area contributed by atoms with Gasteiger partial charge < -0.3 is 24.9 Å². The van der Waals surface area contributed by atoms with Crippen molar-refractivity contribution in [1.82, 2.24) is 30.2 Å². The highest BCUT2D eigenvalue weighted by Gasteiger charge is 2.32. The fourth-order valence-corrected chi connectivity index (χ4v) is 4.98. The summed E-state index contributed by atoms with van der Waals surface area (Å²) < 4.78 is 4.59. The van der Waals surface area contributed by atoms with Gasteiger partial charge in [-0.2, -0.15) is 0 Å². The Labute approximate surface area is 228 Å². The van der Waals surface area contributed by atoms with Crippen molar-refractivity contribution in [1.29, 1.82) is 0 Å². The number of benzene rings is 2. The number of hydrogen-bond donors (Lipinski definition) is 3. The first-order valence-electron chi connectivity index (χ1n) is 13.3. The smallest absolute Gasteiger partial charge is 0.407 e. The van der Waals surface area contributed by atoms with E-state index in [2.05, 4.69) is 80.2 Å². The standard InChI is InChI=1S/C30H34N6O3/c1-19(2)15-28(37)36-14-4-5-26(36)29-32-17-25(35-29)23-12-8-21(9-13-23)20-6-10-22(11-7-20)24-16-31-27(34-24)18-33-30(38)39-3/h6-13,16-17,19,26H,4-5,14-15,18H2,1-3H3,(H,31,34)(H,32,35)(H,33,38). The fraction of sp³-hybridized carbons (Fsp3) is 0.333. The Morgan fingerprint density at radius 1 is 0.949 bits per heavy atom. The van der Waals surface area contributed by atoms with Crippen LogP contribution in [-0.4, -0.2) is 50.5 Å². The Balaban J connectivity index is 1.24. The third-order valence-electron chi connectivity index (χ3n) is 7.01. The van der Waals surface area contributed by atoms with Gasteiger partial charge in [-0.25, -0.2) is 14.8 Å². The van der Waals surface area contributed by atoms with Crippen molar-refractivity contribution in [3.63, 3.8) is 0 Å². The number of nitrogens with zero attached hydrogens (tertiary/aromatic N) is 3. The number of aromatic nitrogens is 4. The number of aromatic amines is 2. The van der Waals surface area contributed by atoms with Crippen molar-refractivity contribution >= 4 is 12.0 Å². The molecule has 202 valence electrons. The predicted molar refractivity (Wildman–Crippen MR) is 149 cm³/mol. The number of amides is 2. The fourth-order valence-electron chi connectivity index (χ4n) is 4.98. The first kappa shape index (κ1) is 26.2. The van der Waals surface area contributed by atoms with Gasteiger partial charge in [-0.05, 0) is 41.0 Å². The lowest BCUT2D eigenvalue weighted by Gasteiger charge is -2.24. The number of carbonyl (C=O) groups excluding carboxylic acids is 2. The SMILES string of the molecule is COC(=O)NCc1ncc(-c2ccc(-c3ccc(-c4cnc(C5CCCN5C(=O)CC(C)C)[nH]4)cc3)cc2)[nH]1. The zero-order chi connectivity index (χ0) is 27.4. The summed E-state index contributed by atoms with van der Waals surface area (Å²) in [6, 6.07) is 16.7. The maximum absolute atomic E-state index is 12.7. The van der Waals surface area contributed by atoms with Gasteiger partial charge in [-0.3, -0.25) is 4.79 Å². The molecular weight excluding hydrogens is 492 g/mol. The Morgan fingerprint density at radius 2 is 1.54 bits per heavy atom. The summed E-state index contributed by atoms with van der Waals surface area (Å²) in [6.07, 6.45) is 5.64. The number of likely N-dealkylation sites (tertiary alicyclic amines) is 1. The molecule has 2 aromatic carbocycles. The van der Waals surface area contributed by atoms with E-state index < -0.39 is 6.09 Å². The van der Waals surface area contributed by atoms with E-state index >= 15 is 0 Å². The number of imidazole rings is 2. The van der Waals surface area contributed by atoms with Crippen molar-refractivity contribution < 1.29 is 14.3 Å². The van der Waals surface area contributed by atoms with Crippen molar-refractivity contribution in [3.8, 4) is 33.6 Å². The molecule has 1 atom stereocenters. The largest absolute Gasteiger partial charge is 0.453 e. The highest BCUT2D eigenvalue weighted by atomic mass is 16.5. The monoisotopic (exact) mass is 526 g/mol. The van der Waals surface area contributed by atoms with Gasteiger partial charge >= 0.3 is 6.09 Å². The van der Waals surface area contributed by atoms with E-state index in [1.54, 1.807) is 6.20 Å². The van der Waals surface area contributed by atoms with Crippen LogP contribution in [0, 0.1) is 5.92 Å². The summed E-state index contributed by atoms with van der Waals surface area (Å²) in [5, 5.41) is 2.61. The summed E-state index contributed by atoms with van der Waals surface area (Å²) >= 11 is 0. The van der Waals surface area contributed by atoms with Crippen LogP contribution in [0.2, 0.25) is 0 Å². The molecule has 1 fully saturated rings. The Morgan fingerprint density at radius 3 is 2.15 bits per heavy atom. The Bertz CT molecular complexity index is 1420. The van der Waals surface area contributed by atoms with E-state index in [1.807, 2.05) is 23.2 Å². The maximum Gasteiger partial charge on any atom is 0.407 e. The molecule has 2 aromatic heterocycles. The highest BCUT2D eigenvalue weighted by molar-refractivity contribution is 5.77. The molecule has 3 N–H and O–H groups in total. The summed E-state index contributed by atoms with van der Waals surface area (Å²) in [4.78, 5) is 41.6. The van der Waals surface area contributed by atoms with E-state index in [0.29, 0.717) is 18.2 Å². The third kappa shape index (κ3) is 6.03. The summed E-state index contributed by atoms with van der Waals surface area (Å²) in [7, 11) is 1.33. The molecule has 2 amide bonds. The number of rotatable bonds is 8. The van der Waals surface area contributed by atoms with Crippen molar-refractivity contribution in [3.05, 3.63) is 72.6 Å².